The van der Waals surface area contributed by atoms with Crippen molar-refractivity contribution in [1.82, 2.24) is 9.97 Å². The van der Waals surface area contributed by atoms with Crippen LogP contribution in [0.5, 0.6) is 5.88 Å². The van der Waals surface area contributed by atoms with Crippen LogP contribution in [0, 0.1) is 5.92 Å². The Hall–Kier alpha value is -1.85. The number of carboxylic acids is 1. The molecule has 0 bridgehead atoms. The first kappa shape index (κ1) is 13.6. The number of carbonyl (C=O) groups is 1. The molecule has 0 radical (unpaired) electrons. The van der Waals surface area contributed by atoms with Crippen LogP contribution in [0.3, 0.4) is 0 Å². The molecule has 1 fully saturated rings. The van der Waals surface area contributed by atoms with E-state index < -0.39 is 5.97 Å². The van der Waals surface area contributed by atoms with Gasteiger partial charge in [0.25, 0.3) is 0 Å². The second-order valence-corrected chi connectivity index (χ2v) is 4.68. The highest BCUT2D eigenvalue weighted by Crippen LogP contribution is 2.26. The van der Waals surface area contributed by atoms with E-state index in [0.717, 1.165) is 31.7 Å². The van der Waals surface area contributed by atoms with E-state index in [2.05, 4.69) is 14.9 Å². The van der Waals surface area contributed by atoms with Gasteiger partial charge >= 0.3 is 5.97 Å². The zero-order valence-electron chi connectivity index (χ0n) is 11.1. The molecule has 1 aliphatic heterocycles. The number of nitrogens with zero attached hydrogens (tertiary/aromatic N) is 3. The van der Waals surface area contributed by atoms with E-state index in [4.69, 9.17) is 9.84 Å². The summed E-state index contributed by atoms with van der Waals surface area (Å²) in [4.78, 5) is 21.0. The average Bonchev–Trinajstić information content (AvgIpc) is 2.86. The normalized spacial score (nSPS) is 18.6. The standard InChI is InChI=1S/C13H19N3O3/c1-2-19-12-7-11(14-9-15-12)16-6-5-10(8-16)3-4-13(17)18/h7,9-10H,2-6,8H2,1H3,(H,17,18). The van der Waals surface area contributed by atoms with E-state index in [1.807, 2.05) is 13.0 Å². The summed E-state index contributed by atoms with van der Waals surface area (Å²) in [5.74, 6) is 1.15. The van der Waals surface area contributed by atoms with E-state index in [0.29, 0.717) is 18.4 Å². The largest absolute Gasteiger partial charge is 0.481 e. The summed E-state index contributed by atoms with van der Waals surface area (Å²) in [7, 11) is 0. The van der Waals surface area contributed by atoms with Gasteiger partial charge in [0.05, 0.1) is 6.61 Å². The van der Waals surface area contributed by atoms with Crippen LogP contribution in [0.25, 0.3) is 0 Å². The molecule has 2 rings (SSSR count). The first-order chi connectivity index (χ1) is 9.19. The Morgan fingerprint density at radius 3 is 3.16 bits per heavy atom. The Kier molecular flexibility index (Phi) is 4.54. The Morgan fingerprint density at radius 1 is 1.58 bits per heavy atom. The van der Waals surface area contributed by atoms with Gasteiger partial charge in [0.2, 0.25) is 5.88 Å². The van der Waals surface area contributed by atoms with Crippen molar-refractivity contribution in [2.45, 2.75) is 26.2 Å². The lowest BCUT2D eigenvalue weighted by Crippen LogP contribution is -2.21. The molecule has 1 aromatic rings. The van der Waals surface area contributed by atoms with Crippen molar-refractivity contribution in [3.8, 4) is 5.88 Å². The maximum absolute atomic E-state index is 10.6. The summed E-state index contributed by atoms with van der Waals surface area (Å²) in [6.07, 6.45) is 3.49. The monoisotopic (exact) mass is 265 g/mol. The van der Waals surface area contributed by atoms with Gasteiger partial charge in [-0.15, -0.1) is 0 Å². The third-order valence-electron chi connectivity index (χ3n) is 3.30. The minimum absolute atomic E-state index is 0.243. The lowest BCUT2D eigenvalue weighted by atomic mass is 10.0. The van der Waals surface area contributed by atoms with Gasteiger partial charge in [0.1, 0.15) is 12.1 Å². The Balaban J connectivity index is 1.92. The predicted molar refractivity (Wildman–Crippen MR) is 70.4 cm³/mol. The zero-order valence-corrected chi connectivity index (χ0v) is 11.1. The molecule has 1 atom stereocenters. The average molecular weight is 265 g/mol. The van der Waals surface area contributed by atoms with E-state index >= 15 is 0 Å². The van der Waals surface area contributed by atoms with Crippen molar-refractivity contribution in [3.63, 3.8) is 0 Å². The summed E-state index contributed by atoms with van der Waals surface area (Å²) in [5.41, 5.74) is 0. The molecule has 0 saturated carbocycles. The lowest BCUT2D eigenvalue weighted by Gasteiger charge is -2.17. The van der Waals surface area contributed by atoms with Crippen LogP contribution in [0.4, 0.5) is 5.82 Å². The second-order valence-electron chi connectivity index (χ2n) is 4.68. The predicted octanol–water partition coefficient (Wildman–Crippen LogP) is 1.57. The van der Waals surface area contributed by atoms with Crippen LogP contribution in [-0.4, -0.2) is 40.7 Å². The van der Waals surface area contributed by atoms with E-state index in [-0.39, 0.29) is 6.42 Å². The van der Waals surface area contributed by atoms with Gasteiger partial charge in [-0.1, -0.05) is 0 Å². The van der Waals surface area contributed by atoms with Crippen LogP contribution in [0.15, 0.2) is 12.4 Å². The van der Waals surface area contributed by atoms with E-state index in [1.165, 1.54) is 6.33 Å². The molecule has 2 heterocycles. The number of aliphatic carboxylic acids is 1. The first-order valence-corrected chi connectivity index (χ1v) is 6.60. The molecule has 6 nitrogen and oxygen atoms in total. The summed E-state index contributed by atoms with van der Waals surface area (Å²) in [5, 5.41) is 8.70. The minimum Gasteiger partial charge on any atom is -0.481 e. The van der Waals surface area contributed by atoms with Crippen LogP contribution >= 0.6 is 0 Å². The number of carboxylic acid groups (broad SMARTS) is 1. The number of rotatable bonds is 6. The molecule has 0 amide bonds. The molecule has 0 spiro atoms. The SMILES string of the molecule is CCOc1cc(N2CCC(CCC(=O)O)C2)ncn1. The quantitative estimate of drug-likeness (QED) is 0.841. The summed E-state index contributed by atoms with van der Waals surface area (Å²) < 4.78 is 5.36. The fourth-order valence-corrected chi connectivity index (χ4v) is 2.33. The number of aromatic nitrogens is 2. The van der Waals surface area contributed by atoms with Gasteiger partial charge in [-0.25, -0.2) is 9.97 Å². The molecule has 19 heavy (non-hydrogen) atoms. The molecule has 1 saturated heterocycles. The summed E-state index contributed by atoms with van der Waals surface area (Å²) >= 11 is 0. The van der Waals surface area contributed by atoms with Crippen molar-refractivity contribution >= 4 is 11.8 Å². The molecule has 104 valence electrons. The van der Waals surface area contributed by atoms with Gasteiger partial charge in [-0.2, -0.15) is 0 Å². The van der Waals surface area contributed by atoms with Gasteiger partial charge in [-0.05, 0) is 25.7 Å². The van der Waals surface area contributed by atoms with Crippen molar-refractivity contribution in [2.24, 2.45) is 5.92 Å². The topological polar surface area (TPSA) is 75.5 Å². The number of anilines is 1. The van der Waals surface area contributed by atoms with Crippen LogP contribution < -0.4 is 9.64 Å². The molecule has 0 aliphatic carbocycles. The van der Waals surface area contributed by atoms with Crippen LogP contribution in [0.2, 0.25) is 0 Å². The van der Waals surface area contributed by atoms with Crippen molar-refractivity contribution in [2.75, 3.05) is 24.6 Å². The molecule has 1 N–H and O–H groups in total. The molecule has 1 aromatic heterocycles. The van der Waals surface area contributed by atoms with E-state index in [9.17, 15) is 4.79 Å². The molecule has 0 aromatic carbocycles. The van der Waals surface area contributed by atoms with Crippen LogP contribution in [-0.2, 0) is 4.79 Å². The van der Waals surface area contributed by atoms with Crippen molar-refractivity contribution in [3.05, 3.63) is 12.4 Å². The third kappa shape index (κ3) is 3.81. The van der Waals surface area contributed by atoms with Crippen molar-refractivity contribution in [1.29, 1.82) is 0 Å². The molecular weight excluding hydrogens is 246 g/mol. The van der Waals surface area contributed by atoms with E-state index in [1.54, 1.807) is 0 Å². The number of hydrogen-bond donors (Lipinski definition) is 1. The highest BCUT2D eigenvalue weighted by Gasteiger charge is 2.24. The second kappa shape index (κ2) is 6.36. The Morgan fingerprint density at radius 2 is 2.42 bits per heavy atom. The van der Waals surface area contributed by atoms with Gasteiger partial charge in [0.15, 0.2) is 0 Å². The first-order valence-electron chi connectivity index (χ1n) is 6.60. The molecule has 1 unspecified atom stereocenters. The maximum atomic E-state index is 10.6. The van der Waals surface area contributed by atoms with Crippen LogP contribution in [0.1, 0.15) is 26.2 Å². The Bertz CT molecular complexity index is 439. The third-order valence-corrected chi connectivity index (χ3v) is 3.30. The van der Waals surface area contributed by atoms with Gasteiger partial charge in [-0.3, -0.25) is 4.79 Å². The van der Waals surface area contributed by atoms with Gasteiger partial charge < -0.3 is 14.7 Å². The minimum atomic E-state index is -0.723. The van der Waals surface area contributed by atoms with Crippen molar-refractivity contribution < 1.29 is 14.6 Å². The molecule has 1 aliphatic rings. The highest BCUT2D eigenvalue weighted by molar-refractivity contribution is 5.66. The highest BCUT2D eigenvalue weighted by atomic mass is 16.5. The number of hydrogen-bond acceptors (Lipinski definition) is 5. The zero-order chi connectivity index (χ0) is 13.7. The maximum Gasteiger partial charge on any atom is 0.303 e. The smallest absolute Gasteiger partial charge is 0.303 e. The fourth-order valence-electron chi connectivity index (χ4n) is 2.33. The fraction of sp³-hybridized carbons (Fsp3) is 0.615. The molecular formula is C13H19N3O3. The van der Waals surface area contributed by atoms with Gasteiger partial charge in [0, 0.05) is 25.6 Å². The lowest BCUT2D eigenvalue weighted by molar-refractivity contribution is -0.137. The summed E-state index contributed by atoms with van der Waals surface area (Å²) in [6.45, 7) is 4.26. The summed E-state index contributed by atoms with van der Waals surface area (Å²) in [6, 6.07) is 1.84. The number of ether oxygens (including phenoxy) is 1. The molecule has 6 heteroatoms. The Labute approximate surface area is 112 Å².